The Morgan fingerprint density at radius 1 is 1.14 bits per heavy atom. The average molecular weight is 393 g/mol. The van der Waals surface area contributed by atoms with E-state index in [1.54, 1.807) is 26.4 Å². The Bertz CT molecular complexity index is 1030. The Balaban J connectivity index is 1.50. The molecule has 150 valence electrons. The van der Waals surface area contributed by atoms with Gasteiger partial charge in [-0.1, -0.05) is 29.4 Å². The van der Waals surface area contributed by atoms with Crippen molar-refractivity contribution in [3.63, 3.8) is 0 Å². The van der Waals surface area contributed by atoms with Crippen molar-refractivity contribution in [3.05, 3.63) is 59.4 Å². The second kappa shape index (κ2) is 7.95. The predicted molar refractivity (Wildman–Crippen MR) is 107 cm³/mol. The molecule has 1 atom stereocenters. The van der Waals surface area contributed by atoms with Crippen LogP contribution in [0.15, 0.2) is 47.0 Å². The first-order chi connectivity index (χ1) is 14.1. The minimum absolute atomic E-state index is 0.0795. The lowest BCUT2D eigenvalue weighted by molar-refractivity contribution is -0.128. The summed E-state index contributed by atoms with van der Waals surface area (Å²) in [5.74, 6) is 2.19. The fourth-order valence-corrected chi connectivity index (χ4v) is 3.58. The first-order valence-corrected chi connectivity index (χ1v) is 9.47. The third-order valence-electron chi connectivity index (χ3n) is 5.27. The summed E-state index contributed by atoms with van der Waals surface area (Å²) in [6.45, 7) is 3.24. The van der Waals surface area contributed by atoms with E-state index in [-0.39, 0.29) is 11.8 Å². The van der Waals surface area contributed by atoms with Crippen LogP contribution in [0, 0.1) is 6.92 Å². The van der Waals surface area contributed by atoms with Gasteiger partial charge in [0.15, 0.2) is 17.3 Å². The van der Waals surface area contributed by atoms with Gasteiger partial charge in [-0.3, -0.25) is 4.79 Å². The summed E-state index contributed by atoms with van der Waals surface area (Å²) in [6.07, 6.45) is 0.386. The van der Waals surface area contributed by atoms with Crippen LogP contribution in [0.1, 0.15) is 29.3 Å². The maximum atomic E-state index is 12.5. The second-order valence-electron chi connectivity index (χ2n) is 7.13. The van der Waals surface area contributed by atoms with Gasteiger partial charge in [0, 0.05) is 31.0 Å². The Hall–Kier alpha value is -3.35. The molecule has 1 aliphatic heterocycles. The summed E-state index contributed by atoms with van der Waals surface area (Å²) < 4.78 is 16.0. The lowest BCUT2D eigenvalue weighted by atomic mass is 10.1. The minimum Gasteiger partial charge on any atom is -0.493 e. The zero-order chi connectivity index (χ0) is 20.4. The predicted octanol–water partition coefficient (Wildman–Crippen LogP) is 3.58. The lowest BCUT2D eigenvalue weighted by Gasteiger charge is -2.17. The number of hydrogen-bond donors (Lipinski definition) is 0. The van der Waals surface area contributed by atoms with E-state index in [2.05, 4.69) is 29.2 Å². The van der Waals surface area contributed by atoms with E-state index in [9.17, 15) is 4.79 Å². The van der Waals surface area contributed by atoms with Crippen molar-refractivity contribution < 1.29 is 18.8 Å². The number of hydrogen-bond acceptors (Lipinski definition) is 6. The molecule has 2 heterocycles. The summed E-state index contributed by atoms with van der Waals surface area (Å²) in [4.78, 5) is 18.9. The molecule has 0 bridgehead atoms. The molecule has 1 aliphatic rings. The number of amides is 1. The van der Waals surface area contributed by atoms with E-state index in [0.29, 0.717) is 42.7 Å². The number of nitrogens with zero attached hydrogens (tertiary/aromatic N) is 3. The topological polar surface area (TPSA) is 77.7 Å². The number of benzene rings is 2. The highest BCUT2D eigenvalue weighted by Gasteiger charge is 2.34. The Morgan fingerprint density at radius 2 is 1.93 bits per heavy atom. The fourth-order valence-electron chi connectivity index (χ4n) is 3.58. The van der Waals surface area contributed by atoms with E-state index < -0.39 is 0 Å². The van der Waals surface area contributed by atoms with Crippen molar-refractivity contribution in [1.82, 2.24) is 15.0 Å². The zero-order valence-corrected chi connectivity index (χ0v) is 16.7. The fraction of sp³-hybridized carbons (Fsp3) is 0.318. The number of methoxy groups -OCH3 is 2. The standard InChI is InChI=1S/C22H23N3O4/c1-14-6-4-5-7-16(14)12-25-13-17(11-20(25)26)21-23-22(29-24-21)15-8-9-18(27-2)19(10-15)28-3/h4-10,17H,11-13H2,1-3H3. The van der Waals surface area contributed by atoms with Crippen molar-refractivity contribution in [1.29, 1.82) is 0 Å². The minimum atomic E-state index is -0.0795. The number of carbonyl (C=O) groups is 1. The highest BCUT2D eigenvalue weighted by atomic mass is 16.5. The first kappa shape index (κ1) is 19.0. The normalized spacial score (nSPS) is 16.3. The van der Waals surface area contributed by atoms with Crippen LogP contribution in [0.25, 0.3) is 11.5 Å². The molecule has 7 nitrogen and oxygen atoms in total. The van der Waals surface area contributed by atoms with Gasteiger partial charge in [-0.05, 0) is 36.2 Å². The maximum Gasteiger partial charge on any atom is 0.258 e. The molecule has 3 aromatic rings. The SMILES string of the molecule is COc1ccc(-c2nc(C3CC(=O)N(Cc4ccccc4C)C3)no2)cc1OC. The van der Waals surface area contributed by atoms with Crippen LogP contribution >= 0.6 is 0 Å². The molecule has 0 N–H and O–H groups in total. The van der Waals surface area contributed by atoms with Crippen LogP contribution in [0.5, 0.6) is 11.5 Å². The lowest BCUT2D eigenvalue weighted by Crippen LogP contribution is -2.24. The molecular formula is C22H23N3O4. The van der Waals surface area contributed by atoms with Crippen molar-refractivity contribution in [2.45, 2.75) is 25.8 Å². The Kier molecular flexibility index (Phi) is 5.20. The highest BCUT2D eigenvalue weighted by molar-refractivity contribution is 5.79. The number of aryl methyl sites for hydroxylation is 1. The summed E-state index contributed by atoms with van der Waals surface area (Å²) in [6, 6.07) is 13.5. The summed E-state index contributed by atoms with van der Waals surface area (Å²) >= 11 is 0. The monoisotopic (exact) mass is 393 g/mol. The number of rotatable bonds is 6. The molecule has 0 saturated carbocycles. The molecule has 0 spiro atoms. The van der Waals surface area contributed by atoms with Crippen LogP contribution < -0.4 is 9.47 Å². The second-order valence-corrected chi connectivity index (χ2v) is 7.13. The largest absolute Gasteiger partial charge is 0.493 e. The molecule has 1 amide bonds. The van der Waals surface area contributed by atoms with Gasteiger partial charge in [-0.25, -0.2) is 0 Å². The van der Waals surface area contributed by atoms with E-state index in [1.807, 2.05) is 23.1 Å². The van der Waals surface area contributed by atoms with Crippen LogP contribution in [-0.2, 0) is 11.3 Å². The molecule has 0 radical (unpaired) electrons. The molecule has 1 aromatic heterocycles. The zero-order valence-electron chi connectivity index (χ0n) is 16.7. The van der Waals surface area contributed by atoms with E-state index in [1.165, 1.54) is 5.56 Å². The van der Waals surface area contributed by atoms with Gasteiger partial charge < -0.3 is 18.9 Å². The average Bonchev–Trinajstić information content (AvgIpc) is 3.36. The molecule has 1 unspecified atom stereocenters. The van der Waals surface area contributed by atoms with Gasteiger partial charge in [0.1, 0.15) is 0 Å². The highest BCUT2D eigenvalue weighted by Crippen LogP contribution is 2.33. The maximum absolute atomic E-state index is 12.5. The first-order valence-electron chi connectivity index (χ1n) is 9.47. The van der Waals surface area contributed by atoms with Gasteiger partial charge in [-0.2, -0.15) is 4.98 Å². The molecule has 1 saturated heterocycles. The van der Waals surface area contributed by atoms with Crippen LogP contribution in [-0.4, -0.2) is 41.7 Å². The molecule has 7 heteroatoms. The van der Waals surface area contributed by atoms with E-state index in [4.69, 9.17) is 14.0 Å². The number of aromatic nitrogens is 2. The van der Waals surface area contributed by atoms with Crippen molar-refractivity contribution in [3.8, 4) is 23.0 Å². The number of carbonyl (C=O) groups excluding carboxylic acids is 1. The smallest absolute Gasteiger partial charge is 0.258 e. The van der Waals surface area contributed by atoms with Crippen molar-refractivity contribution in [2.24, 2.45) is 0 Å². The van der Waals surface area contributed by atoms with Gasteiger partial charge in [0.05, 0.1) is 14.2 Å². The molecule has 0 aliphatic carbocycles. The number of likely N-dealkylation sites (tertiary alicyclic amines) is 1. The van der Waals surface area contributed by atoms with Crippen LogP contribution in [0.4, 0.5) is 0 Å². The summed E-state index contributed by atoms with van der Waals surface area (Å²) in [7, 11) is 3.16. The quantitative estimate of drug-likeness (QED) is 0.637. The van der Waals surface area contributed by atoms with Gasteiger partial charge in [0.2, 0.25) is 5.91 Å². The van der Waals surface area contributed by atoms with Crippen molar-refractivity contribution in [2.75, 3.05) is 20.8 Å². The Labute approximate surface area is 169 Å². The molecule has 1 fully saturated rings. The molecule has 29 heavy (non-hydrogen) atoms. The van der Waals surface area contributed by atoms with Gasteiger partial charge in [-0.15, -0.1) is 0 Å². The van der Waals surface area contributed by atoms with E-state index in [0.717, 1.165) is 11.1 Å². The van der Waals surface area contributed by atoms with Crippen molar-refractivity contribution >= 4 is 5.91 Å². The van der Waals surface area contributed by atoms with Gasteiger partial charge >= 0.3 is 0 Å². The Morgan fingerprint density at radius 3 is 2.69 bits per heavy atom. The molecular weight excluding hydrogens is 370 g/mol. The van der Waals surface area contributed by atoms with Gasteiger partial charge in [0.25, 0.3) is 5.89 Å². The summed E-state index contributed by atoms with van der Waals surface area (Å²) in [5.41, 5.74) is 3.07. The van der Waals surface area contributed by atoms with Crippen LogP contribution in [0.3, 0.4) is 0 Å². The third kappa shape index (κ3) is 3.81. The van der Waals surface area contributed by atoms with Crippen LogP contribution in [0.2, 0.25) is 0 Å². The summed E-state index contributed by atoms with van der Waals surface area (Å²) in [5, 5.41) is 4.13. The molecule has 2 aromatic carbocycles. The third-order valence-corrected chi connectivity index (χ3v) is 5.27. The molecule has 4 rings (SSSR count). The van der Waals surface area contributed by atoms with E-state index >= 15 is 0 Å². The number of ether oxygens (including phenoxy) is 2.